The summed E-state index contributed by atoms with van der Waals surface area (Å²) in [6, 6.07) is 8.30. The summed E-state index contributed by atoms with van der Waals surface area (Å²) in [6.07, 6.45) is 1.41. The molecule has 0 spiro atoms. The summed E-state index contributed by atoms with van der Waals surface area (Å²) >= 11 is 0. The molecule has 0 bridgehead atoms. The zero-order valence-corrected chi connectivity index (χ0v) is 10.8. The number of para-hydroxylation sites is 1. The number of carbonyl (C=O) groups is 2. The second-order valence-corrected chi connectivity index (χ2v) is 5.01. The van der Waals surface area contributed by atoms with Crippen LogP contribution in [0, 0.1) is 5.41 Å². The first kappa shape index (κ1) is 13.4. The molecular weight excluding hydrogens is 246 g/mol. The molecule has 5 nitrogen and oxygen atoms in total. The summed E-state index contributed by atoms with van der Waals surface area (Å²) < 4.78 is 5.11. The molecule has 0 aromatic heterocycles. The lowest BCUT2D eigenvalue weighted by Gasteiger charge is -2.27. The number of aliphatic carboxylic acids is 1. The van der Waals surface area contributed by atoms with Crippen molar-refractivity contribution in [2.75, 3.05) is 0 Å². The standard InChI is InChI=1S/C14H17NO4/c1-14(12(16)17)9-5-8-11(14)15-13(18)19-10-6-3-2-4-7-10/h2-4,6-7,11H,5,8-9H2,1H3,(H,15,18)(H,16,17). The lowest BCUT2D eigenvalue weighted by molar-refractivity contribution is -0.148. The highest BCUT2D eigenvalue weighted by Crippen LogP contribution is 2.38. The van der Waals surface area contributed by atoms with E-state index < -0.39 is 17.5 Å². The Morgan fingerprint density at radius 2 is 2.05 bits per heavy atom. The molecule has 1 amide bonds. The second-order valence-electron chi connectivity index (χ2n) is 5.01. The monoisotopic (exact) mass is 263 g/mol. The zero-order chi connectivity index (χ0) is 13.9. The Hall–Kier alpha value is -2.04. The van der Waals surface area contributed by atoms with Crippen LogP contribution < -0.4 is 10.1 Å². The van der Waals surface area contributed by atoms with E-state index in [1.165, 1.54) is 0 Å². The molecule has 0 heterocycles. The Kier molecular flexibility index (Phi) is 3.74. The Morgan fingerprint density at radius 3 is 2.68 bits per heavy atom. The number of ether oxygens (including phenoxy) is 1. The quantitative estimate of drug-likeness (QED) is 0.878. The van der Waals surface area contributed by atoms with E-state index in [0.717, 1.165) is 6.42 Å². The van der Waals surface area contributed by atoms with Gasteiger partial charge in [-0.3, -0.25) is 4.79 Å². The Morgan fingerprint density at radius 1 is 1.37 bits per heavy atom. The number of carboxylic acid groups (broad SMARTS) is 1. The van der Waals surface area contributed by atoms with Crippen molar-refractivity contribution >= 4 is 12.1 Å². The average Bonchev–Trinajstić information content (AvgIpc) is 2.73. The smallest absolute Gasteiger partial charge is 0.412 e. The first-order chi connectivity index (χ1) is 9.02. The summed E-state index contributed by atoms with van der Waals surface area (Å²) in [6.45, 7) is 1.66. The molecule has 0 aliphatic heterocycles. The number of amides is 1. The number of rotatable bonds is 3. The molecule has 2 N–H and O–H groups in total. The maximum Gasteiger partial charge on any atom is 0.412 e. The minimum atomic E-state index is -0.907. The summed E-state index contributed by atoms with van der Waals surface area (Å²) in [5, 5.41) is 11.9. The number of nitrogens with one attached hydrogen (secondary N) is 1. The SMILES string of the molecule is CC1(C(=O)O)CCCC1NC(=O)Oc1ccccc1. The first-order valence-corrected chi connectivity index (χ1v) is 6.29. The molecule has 19 heavy (non-hydrogen) atoms. The lowest BCUT2D eigenvalue weighted by Crippen LogP contribution is -2.47. The van der Waals surface area contributed by atoms with Gasteiger partial charge in [0.05, 0.1) is 5.41 Å². The molecule has 1 aliphatic carbocycles. The largest absolute Gasteiger partial charge is 0.481 e. The summed E-state index contributed by atoms with van der Waals surface area (Å²) in [5.74, 6) is -0.440. The molecule has 0 radical (unpaired) electrons. The Balaban J connectivity index is 1.97. The highest BCUT2D eigenvalue weighted by molar-refractivity contribution is 5.78. The van der Waals surface area contributed by atoms with Crippen LogP contribution in [0.15, 0.2) is 30.3 Å². The van der Waals surface area contributed by atoms with Crippen LogP contribution in [0.1, 0.15) is 26.2 Å². The molecule has 1 aromatic rings. The molecule has 102 valence electrons. The topological polar surface area (TPSA) is 75.6 Å². The van der Waals surface area contributed by atoms with E-state index in [9.17, 15) is 14.7 Å². The number of carbonyl (C=O) groups excluding carboxylic acids is 1. The van der Waals surface area contributed by atoms with Crippen LogP contribution in [0.25, 0.3) is 0 Å². The molecule has 1 fully saturated rings. The minimum Gasteiger partial charge on any atom is -0.481 e. The van der Waals surface area contributed by atoms with Gasteiger partial charge in [0, 0.05) is 6.04 Å². The van der Waals surface area contributed by atoms with Gasteiger partial charge in [-0.2, -0.15) is 0 Å². The molecule has 2 rings (SSSR count). The van der Waals surface area contributed by atoms with Gasteiger partial charge in [0.25, 0.3) is 0 Å². The van der Waals surface area contributed by atoms with E-state index in [0.29, 0.717) is 18.6 Å². The predicted octanol–water partition coefficient (Wildman–Crippen LogP) is 2.42. The van der Waals surface area contributed by atoms with Gasteiger partial charge in [-0.15, -0.1) is 0 Å². The van der Waals surface area contributed by atoms with Gasteiger partial charge in [0.2, 0.25) is 0 Å². The van der Waals surface area contributed by atoms with Crippen molar-refractivity contribution in [2.24, 2.45) is 5.41 Å². The highest BCUT2D eigenvalue weighted by Gasteiger charge is 2.46. The molecule has 1 aliphatic rings. The van der Waals surface area contributed by atoms with Gasteiger partial charge in [-0.1, -0.05) is 24.6 Å². The van der Waals surface area contributed by atoms with E-state index in [4.69, 9.17) is 4.74 Å². The van der Waals surface area contributed by atoms with Crippen molar-refractivity contribution in [2.45, 2.75) is 32.2 Å². The van der Waals surface area contributed by atoms with Crippen molar-refractivity contribution in [3.8, 4) is 5.75 Å². The van der Waals surface area contributed by atoms with Gasteiger partial charge < -0.3 is 15.2 Å². The van der Waals surface area contributed by atoms with E-state index in [1.54, 1.807) is 31.2 Å². The van der Waals surface area contributed by atoms with Crippen LogP contribution in [0.3, 0.4) is 0 Å². The highest BCUT2D eigenvalue weighted by atomic mass is 16.6. The van der Waals surface area contributed by atoms with E-state index >= 15 is 0 Å². The summed E-state index contributed by atoms with van der Waals surface area (Å²) in [5.41, 5.74) is -0.907. The van der Waals surface area contributed by atoms with E-state index in [-0.39, 0.29) is 6.04 Å². The fraction of sp³-hybridized carbons (Fsp3) is 0.429. The zero-order valence-electron chi connectivity index (χ0n) is 10.8. The van der Waals surface area contributed by atoms with Crippen molar-refractivity contribution < 1.29 is 19.4 Å². The van der Waals surface area contributed by atoms with Gasteiger partial charge >= 0.3 is 12.1 Å². The number of hydrogen-bond acceptors (Lipinski definition) is 3. The van der Waals surface area contributed by atoms with Gasteiger partial charge in [0.15, 0.2) is 0 Å². The molecule has 2 atom stereocenters. The van der Waals surface area contributed by atoms with Crippen molar-refractivity contribution in [1.29, 1.82) is 0 Å². The first-order valence-electron chi connectivity index (χ1n) is 6.29. The fourth-order valence-corrected chi connectivity index (χ4v) is 2.42. The van der Waals surface area contributed by atoms with Crippen LogP contribution in [-0.4, -0.2) is 23.2 Å². The van der Waals surface area contributed by atoms with Crippen LogP contribution in [0.2, 0.25) is 0 Å². The lowest BCUT2D eigenvalue weighted by atomic mass is 9.85. The number of benzene rings is 1. The molecule has 2 unspecified atom stereocenters. The molecular formula is C14H17NO4. The predicted molar refractivity (Wildman–Crippen MR) is 69.0 cm³/mol. The van der Waals surface area contributed by atoms with E-state index in [1.807, 2.05) is 6.07 Å². The van der Waals surface area contributed by atoms with Crippen LogP contribution >= 0.6 is 0 Å². The van der Waals surface area contributed by atoms with Crippen LogP contribution in [0.5, 0.6) is 5.75 Å². The van der Waals surface area contributed by atoms with E-state index in [2.05, 4.69) is 5.32 Å². The van der Waals surface area contributed by atoms with Crippen LogP contribution in [-0.2, 0) is 4.79 Å². The molecule has 5 heteroatoms. The Labute approximate surface area is 111 Å². The third kappa shape index (κ3) is 2.86. The third-order valence-electron chi connectivity index (χ3n) is 3.69. The van der Waals surface area contributed by atoms with Gasteiger partial charge in [-0.05, 0) is 31.9 Å². The molecule has 1 saturated carbocycles. The van der Waals surface area contributed by atoms with Crippen molar-refractivity contribution in [3.05, 3.63) is 30.3 Å². The summed E-state index contributed by atoms with van der Waals surface area (Å²) in [7, 11) is 0. The van der Waals surface area contributed by atoms with Gasteiger partial charge in [-0.25, -0.2) is 4.79 Å². The minimum absolute atomic E-state index is 0.388. The molecule has 0 saturated heterocycles. The maximum absolute atomic E-state index is 11.8. The summed E-state index contributed by atoms with van der Waals surface area (Å²) in [4.78, 5) is 23.0. The number of hydrogen-bond donors (Lipinski definition) is 2. The average molecular weight is 263 g/mol. The molecule has 1 aromatic carbocycles. The van der Waals surface area contributed by atoms with Gasteiger partial charge in [0.1, 0.15) is 5.75 Å². The number of carboxylic acids is 1. The fourth-order valence-electron chi connectivity index (χ4n) is 2.42. The Bertz CT molecular complexity index is 474. The maximum atomic E-state index is 11.8. The second kappa shape index (κ2) is 5.30. The van der Waals surface area contributed by atoms with Crippen LogP contribution in [0.4, 0.5) is 4.79 Å². The third-order valence-corrected chi connectivity index (χ3v) is 3.69. The normalized spacial score (nSPS) is 25.8. The van der Waals surface area contributed by atoms with Crippen molar-refractivity contribution in [1.82, 2.24) is 5.32 Å². The van der Waals surface area contributed by atoms with Crippen molar-refractivity contribution in [3.63, 3.8) is 0 Å².